The van der Waals surface area contributed by atoms with Crippen LogP contribution in [0.5, 0.6) is 11.5 Å². The lowest BCUT2D eigenvalue weighted by Gasteiger charge is -2.35. The summed E-state index contributed by atoms with van der Waals surface area (Å²) in [5.41, 5.74) is 2.60. The first-order valence-corrected chi connectivity index (χ1v) is 11.7. The molecule has 0 aromatic heterocycles. The van der Waals surface area contributed by atoms with Crippen molar-refractivity contribution < 1.29 is 9.47 Å². The van der Waals surface area contributed by atoms with Crippen molar-refractivity contribution in [3.8, 4) is 11.5 Å². The molecule has 32 heavy (non-hydrogen) atoms. The van der Waals surface area contributed by atoms with Crippen LogP contribution in [0.1, 0.15) is 30.6 Å². The molecule has 1 fully saturated rings. The van der Waals surface area contributed by atoms with Gasteiger partial charge in [0.25, 0.3) is 0 Å². The summed E-state index contributed by atoms with van der Waals surface area (Å²) in [6.45, 7) is 9.12. The van der Waals surface area contributed by atoms with E-state index in [4.69, 9.17) is 9.47 Å². The van der Waals surface area contributed by atoms with Crippen LogP contribution in [0.25, 0.3) is 0 Å². The molecule has 4 nitrogen and oxygen atoms in total. The zero-order valence-electron chi connectivity index (χ0n) is 19.0. The molecule has 4 heteroatoms. The first-order valence-electron chi connectivity index (χ1n) is 11.7. The lowest BCUT2D eigenvalue weighted by atomic mass is 10.1. The quantitative estimate of drug-likeness (QED) is 0.429. The molecule has 1 saturated heterocycles. The average Bonchev–Trinajstić information content (AvgIpc) is 2.85. The minimum absolute atomic E-state index is 0.000143. The third-order valence-corrected chi connectivity index (χ3v) is 6.01. The summed E-state index contributed by atoms with van der Waals surface area (Å²) in [4.78, 5) is 5.12. The second-order valence-corrected chi connectivity index (χ2v) is 8.29. The van der Waals surface area contributed by atoms with Gasteiger partial charge >= 0.3 is 0 Å². The van der Waals surface area contributed by atoms with Crippen molar-refractivity contribution in [2.75, 3.05) is 39.3 Å². The van der Waals surface area contributed by atoms with Crippen LogP contribution in [0.15, 0.2) is 84.9 Å². The molecule has 0 spiro atoms. The van der Waals surface area contributed by atoms with E-state index in [0.29, 0.717) is 6.61 Å². The maximum Gasteiger partial charge on any atom is 0.162 e. The Morgan fingerprint density at radius 1 is 0.719 bits per heavy atom. The topological polar surface area (TPSA) is 24.9 Å². The molecule has 168 valence electrons. The van der Waals surface area contributed by atoms with Gasteiger partial charge in [0.2, 0.25) is 0 Å². The van der Waals surface area contributed by atoms with E-state index in [0.717, 1.165) is 57.2 Å². The monoisotopic (exact) mass is 430 g/mol. The molecule has 1 aliphatic heterocycles. The first kappa shape index (κ1) is 22.4. The molecule has 1 aliphatic rings. The largest absolute Gasteiger partial charge is 0.490 e. The van der Waals surface area contributed by atoms with E-state index in [1.54, 1.807) is 0 Å². The summed E-state index contributed by atoms with van der Waals surface area (Å²) in [5.74, 6) is 1.63. The molecule has 0 radical (unpaired) electrons. The van der Waals surface area contributed by atoms with Crippen molar-refractivity contribution in [2.45, 2.75) is 26.0 Å². The van der Waals surface area contributed by atoms with Crippen molar-refractivity contribution in [1.29, 1.82) is 0 Å². The van der Waals surface area contributed by atoms with Gasteiger partial charge in [-0.15, -0.1) is 0 Å². The minimum atomic E-state index is 0.000143. The average molecular weight is 431 g/mol. The van der Waals surface area contributed by atoms with Crippen molar-refractivity contribution in [1.82, 2.24) is 9.80 Å². The van der Waals surface area contributed by atoms with Gasteiger partial charge < -0.3 is 14.4 Å². The summed E-state index contributed by atoms with van der Waals surface area (Å²) in [5, 5.41) is 0. The van der Waals surface area contributed by atoms with E-state index < -0.39 is 0 Å². The molecule has 1 unspecified atom stereocenters. The second kappa shape index (κ2) is 11.7. The minimum Gasteiger partial charge on any atom is -0.490 e. The van der Waals surface area contributed by atoms with Crippen molar-refractivity contribution >= 4 is 0 Å². The van der Waals surface area contributed by atoms with Gasteiger partial charge in [0.05, 0.1) is 6.61 Å². The van der Waals surface area contributed by atoms with Gasteiger partial charge in [-0.1, -0.05) is 72.8 Å². The number of rotatable bonds is 10. The molecule has 0 aliphatic carbocycles. The van der Waals surface area contributed by atoms with E-state index in [1.165, 1.54) is 11.1 Å². The Kier molecular flexibility index (Phi) is 8.18. The highest BCUT2D eigenvalue weighted by atomic mass is 16.5. The van der Waals surface area contributed by atoms with E-state index in [2.05, 4.69) is 70.5 Å². The Bertz CT molecular complexity index is 924. The van der Waals surface area contributed by atoms with Crippen molar-refractivity contribution in [3.63, 3.8) is 0 Å². The maximum atomic E-state index is 6.51. The number of nitrogens with zero attached hydrogens (tertiary/aromatic N) is 2. The molecular weight excluding hydrogens is 396 g/mol. The van der Waals surface area contributed by atoms with Gasteiger partial charge in [-0.3, -0.25) is 4.90 Å². The molecule has 0 saturated carbocycles. The van der Waals surface area contributed by atoms with E-state index in [9.17, 15) is 0 Å². The predicted molar refractivity (Wildman–Crippen MR) is 130 cm³/mol. The zero-order chi connectivity index (χ0) is 22.0. The third-order valence-electron chi connectivity index (χ3n) is 6.01. The standard InChI is InChI=1S/C28H34N2O2/c1-2-31-27-15-9-10-16-28(27)32-26(25-13-7-4-8-14-25)17-18-29-19-21-30(22-20-29)23-24-11-5-3-6-12-24/h3-16,26H,2,17-23H2,1H3. The SMILES string of the molecule is CCOc1ccccc1OC(CCN1CCN(Cc2ccccc2)CC1)c1ccccc1. The van der Waals surface area contributed by atoms with Gasteiger partial charge in [0, 0.05) is 45.7 Å². The Morgan fingerprint density at radius 2 is 1.31 bits per heavy atom. The lowest BCUT2D eigenvalue weighted by molar-refractivity contribution is 0.105. The number of hydrogen-bond donors (Lipinski definition) is 0. The third kappa shape index (κ3) is 6.35. The zero-order valence-corrected chi connectivity index (χ0v) is 19.0. The van der Waals surface area contributed by atoms with Gasteiger partial charge in [-0.2, -0.15) is 0 Å². The molecule has 0 N–H and O–H groups in total. The fraction of sp³-hybridized carbons (Fsp3) is 0.357. The molecule has 4 rings (SSSR count). The normalized spacial score (nSPS) is 15.9. The molecule has 0 bridgehead atoms. The van der Waals surface area contributed by atoms with Crippen LogP contribution in [-0.4, -0.2) is 49.1 Å². The summed E-state index contributed by atoms with van der Waals surface area (Å²) < 4.78 is 12.3. The van der Waals surface area contributed by atoms with Crippen LogP contribution in [0.2, 0.25) is 0 Å². The van der Waals surface area contributed by atoms with E-state index in [-0.39, 0.29) is 6.10 Å². The Balaban J connectivity index is 1.34. The Labute approximate surface area is 192 Å². The van der Waals surface area contributed by atoms with Gasteiger partial charge in [0.1, 0.15) is 6.10 Å². The highest BCUT2D eigenvalue weighted by molar-refractivity contribution is 5.40. The molecule has 1 heterocycles. The molecular formula is C28H34N2O2. The second-order valence-electron chi connectivity index (χ2n) is 8.29. The first-order chi connectivity index (χ1) is 15.8. The highest BCUT2D eigenvalue weighted by Gasteiger charge is 2.21. The smallest absolute Gasteiger partial charge is 0.162 e. The maximum absolute atomic E-state index is 6.51. The molecule has 3 aromatic rings. The predicted octanol–water partition coefficient (Wildman–Crippen LogP) is 5.41. The molecule has 1 atom stereocenters. The van der Waals surface area contributed by atoms with Crippen LogP contribution >= 0.6 is 0 Å². The summed E-state index contributed by atoms with van der Waals surface area (Å²) >= 11 is 0. The van der Waals surface area contributed by atoms with Crippen LogP contribution < -0.4 is 9.47 Å². The van der Waals surface area contributed by atoms with Crippen molar-refractivity contribution in [3.05, 3.63) is 96.1 Å². The van der Waals surface area contributed by atoms with Gasteiger partial charge in [-0.25, -0.2) is 0 Å². The number of piperazine rings is 1. The van der Waals surface area contributed by atoms with Gasteiger partial charge in [0.15, 0.2) is 11.5 Å². The van der Waals surface area contributed by atoms with Crippen LogP contribution in [-0.2, 0) is 6.54 Å². The Hall–Kier alpha value is -2.82. The fourth-order valence-electron chi connectivity index (χ4n) is 4.25. The number of hydrogen-bond acceptors (Lipinski definition) is 4. The number of para-hydroxylation sites is 2. The summed E-state index contributed by atoms with van der Waals surface area (Å²) in [6, 6.07) is 29.3. The number of ether oxygens (including phenoxy) is 2. The Morgan fingerprint density at radius 3 is 2.00 bits per heavy atom. The van der Waals surface area contributed by atoms with E-state index >= 15 is 0 Å². The highest BCUT2D eigenvalue weighted by Crippen LogP contribution is 2.32. The van der Waals surface area contributed by atoms with Crippen LogP contribution in [0.3, 0.4) is 0 Å². The molecule has 0 amide bonds. The van der Waals surface area contributed by atoms with E-state index in [1.807, 2.05) is 31.2 Å². The molecule has 3 aromatic carbocycles. The fourth-order valence-corrected chi connectivity index (χ4v) is 4.25. The van der Waals surface area contributed by atoms with Crippen molar-refractivity contribution in [2.24, 2.45) is 0 Å². The number of benzene rings is 3. The van der Waals surface area contributed by atoms with Crippen LogP contribution in [0.4, 0.5) is 0 Å². The lowest BCUT2D eigenvalue weighted by Crippen LogP contribution is -2.46. The van der Waals surface area contributed by atoms with Crippen LogP contribution in [0, 0.1) is 0 Å². The summed E-state index contributed by atoms with van der Waals surface area (Å²) in [6.07, 6.45) is 0.948. The van der Waals surface area contributed by atoms with Gasteiger partial charge in [-0.05, 0) is 30.2 Å². The summed E-state index contributed by atoms with van der Waals surface area (Å²) in [7, 11) is 0.